The lowest BCUT2D eigenvalue weighted by molar-refractivity contribution is 0.983. The Balaban J connectivity index is 1.24. The molecule has 282 valence electrons. The van der Waals surface area contributed by atoms with Gasteiger partial charge in [-0.25, -0.2) is 0 Å². The molecule has 0 bridgehead atoms. The monoisotopic (exact) mass is 755 g/mol. The van der Waals surface area contributed by atoms with Gasteiger partial charge in [-0.15, -0.1) is 0 Å². The maximum absolute atomic E-state index is 2.40. The molecule has 1 heteroatoms. The van der Waals surface area contributed by atoms with Crippen molar-refractivity contribution in [2.45, 2.75) is 26.7 Å². The summed E-state index contributed by atoms with van der Waals surface area (Å²) in [7, 11) is 0. The van der Waals surface area contributed by atoms with E-state index in [0.717, 1.165) is 5.69 Å². The lowest BCUT2D eigenvalue weighted by atomic mass is 9.74. The highest BCUT2D eigenvalue weighted by atomic mass is 15.0. The van der Waals surface area contributed by atoms with Gasteiger partial charge in [-0.05, 0) is 123 Å². The van der Waals surface area contributed by atoms with Crippen LogP contribution in [0.25, 0.3) is 72.0 Å². The van der Waals surface area contributed by atoms with Gasteiger partial charge >= 0.3 is 0 Å². The van der Waals surface area contributed by atoms with Crippen molar-refractivity contribution in [1.82, 2.24) is 4.57 Å². The molecule has 9 aromatic carbocycles. The molecular formula is C58H45N. The summed E-state index contributed by atoms with van der Waals surface area (Å²) < 4.78 is 2.40. The first kappa shape index (κ1) is 36.1. The van der Waals surface area contributed by atoms with Gasteiger partial charge in [-0.2, -0.15) is 0 Å². The minimum atomic E-state index is -0.0898. The molecule has 59 heavy (non-hydrogen) atoms. The van der Waals surface area contributed by atoms with Crippen molar-refractivity contribution in [1.29, 1.82) is 0 Å². The molecule has 0 N–H and O–H groups in total. The van der Waals surface area contributed by atoms with E-state index >= 15 is 0 Å². The van der Waals surface area contributed by atoms with Crippen LogP contribution in [0.2, 0.25) is 0 Å². The van der Waals surface area contributed by atoms with E-state index in [0.29, 0.717) is 0 Å². The first-order valence-corrected chi connectivity index (χ1v) is 20.6. The molecule has 0 radical (unpaired) electrons. The first-order chi connectivity index (χ1) is 29.1. The van der Waals surface area contributed by atoms with Crippen molar-refractivity contribution >= 4 is 21.8 Å². The molecule has 0 fully saturated rings. The molecule has 0 aliphatic heterocycles. The maximum Gasteiger partial charge on any atom is 0.0541 e. The highest BCUT2D eigenvalue weighted by Gasteiger charge is 2.28. The van der Waals surface area contributed by atoms with Crippen molar-refractivity contribution in [3.63, 3.8) is 0 Å². The molecule has 0 atom stereocenters. The third kappa shape index (κ3) is 6.37. The SMILES string of the molecule is Cc1ccccc1-c1ccccc1C(c1ccccc1-c1ccccc1C)c1cccc(-c2ccc(-n3c4ccccc4c4ccccc43)cc2)c1-c1ccccc1C. The van der Waals surface area contributed by atoms with E-state index in [4.69, 9.17) is 0 Å². The number of hydrogen-bond acceptors (Lipinski definition) is 0. The summed E-state index contributed by atoms with van der Waals surface area (Å²) in [5, 5.41) is 2.54. The lowest BCUT2D eigenvalue weighted by Gasteiger charge is -2.29. The molecule has 0 saturated heterocycles. The van der Waals surface area contributed by atoms with E-state index in [-0.39, 0.29) is 5.92 Å². The van der Waals surface area contributed by atoms with Crippen molar-refractivity contribution in [2.75, 3.05) is 0 Å². The summed E-state index contributed by atoms with van der Waals surface area (Å²) in [5.41, 5.74) is 21.2. The van der Waals surface area contributed by atoms with Crippen LogP contribution in [0.3, 0.4) is 0 Å². The lowest BCUT2D eigenvalue weighted by Crippen LogP contribution is -2.10. The largest absolute Gasteiger partial charge is 0.309 e. The second kappa shape index (κ2) is 15.3. The van der Waals surface area contributed by atoms with Gasteiger partial charge in [0.05, 0.1) is 11.0 Å². The van der Waals surface area contributed by atoms with Gasteiger partial charge in [0.15, 0.2) is 0 Å². The fraction of sp³-hybridized carbons (Fsp3) is 0.0690. The quantitative estimate of drug-likeness (QED) is 0.136. The topological polar surface area (TPSA) is 4.93 Å². The van der Waals surface area contributed by atoms with E-state index < -0.39 is 0 Å². The maximum atomic E-state index is 2.40. The summed E-state index contributed by atoms with van der Waals surface area (Å²) >= 11 is 0. The normalized spacial score (nSPS) is 11.5. The van der Waals surface area contributed by atoms with Crippen LogP contribution >= 0.6 is 0 Å². The highest BCUT2D eigenvalue weighted by molar-refractivity contribution is 6.09. The zero-order chi connectivity index (χ0) is 39.9. The Hall–Kier alpha value is -7.22. The molecule has 1 aromatic heterocycles. The van der Waals surface area contributed by atoms with E-state index in [1.54, 1.807) is 0 Å². The number of aromatic nitrogens is 1. The molecule has 1 heterocycles. The van der Waals surface area contributed by atoms with E-state index in [1.807, 2.05) is 0 Å². The number of rotatable bonds is 8. The average molecular weight is 756 g/mol. The zero-order valence-corrected chi connectivity index (χ0v) is 33.7. The second-order valence-corrected chi connectivity index (χ2v) is 15.7. The Morgan fingerprint density at radius 3 is 1.20 bits per heavy atom. The fourth-order valence-electron chi connectivity index (χ4n) is 9.44. The number of para-hydroxylation sites is 2. The predicted molar refractivity (Wildman–Crippen MR) is 251 cm³/mol. The van der Waals surface area contributed by atoms with Crippen molar-refractivity contribution in [3.05, 3.63) is 246 Å². The average Bonchev–Trinajstić information content (AvgIpc) is 3.62. The van der Waals surface area contributed by atoms with Crippen LogP contribution in [-0.4, -0.2) is 4.57 Å². The number of nitrogens with zero attached hydrogens (tertiary/aromatic N) is 1. The summed E-state index contributed by atoms with van der Waals surface area (Å²) in [6, 6.07) is 78.3. The van der Waals surface area contributed by atoms with E-state index in [2.05, 4.69) is 238 Å². The first-order valence-electron chi connectivity index (χ1n) is 20.6. The van der Waals surface area contributed by atoms with Crippen molar-refractivity contribution in [3.8, 4) is 50.2 Å². The summed E-state index contributed by atoms with van der Waals surface area (Å²) in [5.74, 6) is -0.0898. The number of fused-ring (bicyclic) bond motifs is 3. The minimum Gasteiger partial charge on any atom is -0.309 e. The van der Waals surface area contributed by atoms with Crippen molar-refractivity contribution < 1.29 is 0 Å². The van der Waals surface area contributed by atoms with Crippen molar-refractivity contribution in [2.24, 2.45) is 0 Å². The number of benzene rings is 9. The molecule has 0 aliphatic carbocycles. The van der Waals surface area contributed by atoms with Gasteiger partial charge in [0.1, 0.15) is 0 Å². The van der Waals surface area contributed by atoms with Gasteiger partial charge in [0.25, 0.3) is 0 Å². The Morgan fingerprint density at radius 1 is 0.305 bits per heavy atom. The van der Waals surface area contributed by atoms with Crippen LogP contribution in [0, 0.1) is 20.8 Å². The molecule has 0 aliphatic rings. The van der Waals surface area contributed by atoms with Gasteiger partial charge in [-0.3, -0.25) is 0 Å². The third-order valence-electron chi connectivity index (χ3n) is 12.3. The van der Waals surface area contributed by atoms with Gasteiger partial charge in [-0.1, -0.05) is 188 Å². The van der Waals surface area contributed by atoms with E-state index in [9.17, 15) is 0 Å². The Labute approximate surface area is 347 Å². The van der Waals surface area contributed by atoms with Crippen LogP contribution in [0.1, 0.15) is 39.3 Å². The van der Waals surface area contributed by atoms with Gasteiger partial charge in [0.2, 0.25) is 0 Å². The molecule has 0 spiro atoms. The fourth-order valence-corrected chi connectivity index (χ4v) is 9.44. The summed E-state index contributed by atoms with van der Waals surface area (Å²) in [4.78, 5) is 0. The van der Waals surface area contributed by atoms with Crippen LogP contribution in [0.15, 0.2) is 212 Å². The van der Waals surface area contributed by atoms with Gasteiger partial charge in [0, 0.05) is 22.4 Å². The third-order valence-corrected chi connectivity index (χ3v) is 12.3. The van der Waals surface area contributed by atoms with Crippen LogP contribution in [0.5, 0.6) is 0 Å². The molecule has 10 rings (SSSR count). The van der Waals surface area contributed by atoms with Gasteiger partial charge < -0.3 is 4.57 Å². The van der Waals surface area contributed by atoms with Crippen LogP contribution < -0.4 is 0 Å². The summed E-state index contributed by atoms with van der Waals surface area (Å²) in [6.45, 7) is 6.70. The Bertz CT molecular complexity index is 3000. The Kier molecular flexibility index (Phi) is 9.35. The highest BCUT2D eigenvalue weighted by Crippen LogP contribution is 2.48. The molecule has 0 saturated carbocycles. The van der Waals surface area contributed by atoms with E-state index in [1.165, 1.54) is 99.7 Å². The molecule has 0 amide bonds. The predicted octanol–water partition coefficient (Wildman–Crippen LogP) is 15.6. The van der Waals surface area contributed by atoms with Crippen LogP contribution in [-0.2, 0) is 0 Å². The minimum absolute atomic E-state index is 0.0898. The second-order valence-electron chi connectivity index (χ2n) is 15.7. The zero-order valence-electron chi connectivity index (χ0n) is 33.7. The molecule has 10 aromatic rings. The molecule has 0 unspecified atom stereocenters. The molecular weight excluding hydrogens is 711 g/mol. The van der Waals surface area contributed by atoms with Crippen LogP contribution in [0.4, 0.5) is 0 Å². The molecule has 1 nitrogen and oxygen atoms in total. The standard InChI is InChI=1S/C58H45N/c1-39-19-4-7-22-44(39)48-25-10-12-29-52(48)58(53-30-13-11-26-49(53)45-23-8-5-20-40(45)2)54-32-18-31-47(57(54)46-24-9-6-21-41(46)3)42-35-37-43(38-36-42)59-55-33-16-14-27-50(55)51-28-15-17-34-56(51)59/h4-38,58H,1-3H3. The summed E-state index contributed by atoms with van der Waals surface area (Å²) in [6.07, 6.45) is 0. The smallest absolute Gasteiger partial charge is 0.0541 e. The number of hydrogen-bond donors (Lipinski definition) is 0. The Morgan fingerprint density at radius 2 is 0.695 bits per heavy atom. The number of aryl methyl sites for hydroxylation is 3.